The summed E-state index contributed by atoms with van der Waals surface area (Å²) in [5.41, 5.74) is 1.93. The molecule has 0 aliphatic carbocycles. The molecule has 2 aliphatic heterocycles. The van der Waals surface area contributed by atoms with E-state index in [1.807, 2.05) is 35.2 Å². The first-order chi connectivity index (χ1) is 17.8. The van der Waals surface area contributed by atoms with Crippen LogP contribution in [0.2, 0.25) is 0 Å². The van der Waals surface area contributed by atoms with Crippen molar-refractivity contribution in [3.63, 3.8) is 0 Å². The van der Waals surface area contributed by atoms with Crippen LogP contribution >= 0.6 is 0 Å². The molecular weight excluding hydrogens is 474 g/mol. The number of aliphatic imine (C=N–C) groups is 1. The van der Waals surface area contributed by atoms with Gasteiger partial charge in [0.05, 0.1) is 26.5 Å². The molecule has 3 aromatic rings. The SMILES string of the molecule is COc1cccc(N2CCN(C3=Nc4c(F)cccc4CN3c3cc(C(C)(C)F)ccc3OC)CC2)c1. The van der Waals surface area contributed by atoms with Gasteiger partial charge in [-0.15, -0.1) is 0 Å². The maximum absolute atomic E-state index is 14.9. The fourth-order valence-electron chi connectivity index (χ4n) is 4.89. The molecule has 8 heteroatoms. The zero-order valence-electron chi connectivity index (χ0n) is 21.7. The summed E-state index contributed by atoms with van der Waals surface area (Å²) in [5.74, 6) is 1.71. The van der Waals surface area contributed by atoms with E-state index in [0.29, 0.717) is 48.3 Å². The van der Waals surface area contributed by atoms with Crippen molar-refractivity contribution in [2.45, 2.75) is 26.1 Å². The third-order valence-electron chi connectivity index (χ3n) is 6.99. The van der Waals surface area contributed by atoms with Crippen LogP contribution < -0.4 is 19.3 Å². The molecule has 0 amide bonds. The monoisotopic (exact) mass is 506 g/mol. The van der Waals surface area contributed by atoms with E-state index in [9.17, 15) is 8.78 Å². The number of benzene rings is 3. The predicted molar refractivity (Wildman–Crippen MR) is 144 cm³/mol. The van der Waals surface area contributed by atoms with Crippen LogP contribution in [-0.2, 0) is 12.2 Å². The van der Waals surface area contributed by atoms with Crippen molar-refractivity contribution in [2.24, 2.45) is 4.99 Å². The Balaban J connectivity index is 1.50. The van der Waals surface area contributed by atoms with Gasteiger partial charge in [-0.2, -0.15) is 0 Å². The summed E-state index contributed by atoms with van der Waals surface area (Å²) in [7, 11) is 3.26. The Bertz CT molecular complexity index is 1310. The van der Waals surface area contributed by atoms with Crippen LogP contribution in [0.15, 0.2) is 65.7 Å². The number of guanidine groups is 1. The minimum absolute atomic E-state index is 0.352. The molecule has 1 saturated heterocycles. The number of para-hydroxylation sites is 1. The average molecular weight is 507 g/mol. The largest absolute Gasteiger partial charge is 0.497 e. The highest BCUT2D eigenvalue weighted by Gasteiger charge is 2.32. The van der Waals surface area contributed by atoms with Crippen molar-refractivity contribution in [1.29, 1.82) is 0 Å². The number of hydrogen-bond acceptors (Lipinski definition) is 6. The van der Waals surface area contributed by atoms with Crippen molar-refractivity contribution in [2.75, 3.05) is 50.2 Å². The molecule has 2 aliphatic rings. The zero-order valence-corrected chi connectivity index (χ0v) is 21.7. The molecular formula is C29H32F2N4O2. The highest BCUT2D eigenvalue weighted by molar-refractivity contribution is 6.01. The van der Waals surface area contributed by atoms with E-state index in [0.717, 1.165) is 30.1 Å². The van der Waals surface area contributed by atoms with Gasteiger partial charge in [-0.1, -0.05) is 24.3 Å². The van der Waals surface area contributed by atoms with Crippen molar-refractivity contribution in [3.8, 4) is 11.5 Å². The molecule has 3 aromatic carbocycles. The molecule has 0 N–H and O–H groups in total. The number of piperazine rings is 1. The summed E-state index contributed by atoms with van der Waals surface area (Å²) in [6.07, 6.45) is 0. The van der Waals surface area contributed by atoms with E-state index in [-0.39, 0.29) is 5.82 Å². The second-order valence-electron chi connectivity index (χ2n) is 9.78. The van der Waals surface area contributed by atoms with Gasteiger partial charge in [0.1, 0.15) is 28.7 Å². The molecule has 6 nitrogen and oxygen atoms in total. The molecule has 0 spiro atoms. The average Bonchev–Trinajstić information content (AvgIpc) is 2.92. The van der Waals surface area contributed by atoms with Crippen molar-refractivity contribution in [1.82, 2.24) is 4.90 Å². The van der Waals surface area contributed by atoms with Crippen molar-refractivity contribution < 1.29 is 18.3 Å². The van der Waals surface area contributed by atoms with Gasteiger partial charge in [0.2, 0.25) is 5.96 Å². The minimum Gasteiger partial charge on any atom is -0.497 e. The van der Waals surface area contributed by atoms with Crippen molar-refractivity contribution in [3.05, 3.63) is 77.6 Å². The van der Waals surface area contributed by atoms with Gasteiger partial charge >= 0.3 is 0 Å². The van der Waals surface area contributed by atoms with Gasteiger partial charge in [0.15, 0.2) is 0 Å². The summed E-state index contributed by atoms with van der Waals surface area (Å²) < 4.78 is 40.8. The number of fused-ring (bicyclic) bond motifs is 1. The molecule has 0 saturated carbocycles. The first-order valence-electron chi connectivity index (χ1n) is 12.4. The molecule has 0 radical (unpaired) electrons. The minimum atomic E-state index is -1.53. The van der Waals surface area contributed by atoms with Crippen LogP contribution in [0.3, 0.4) is 0 Å². The number of rotatable bonds is 5. The Kier molecular flexibility index (Phi) is 6.67. The number of anilines is 2. The number of nitrogens with zero attached hydrogens (tertiary/aromatic N) is 4. The zero-order chi connectivity index (χ0) is 26.2. The predicted octanol–water partition coefficient (Wildman–Crippen LogP) is 5.88. The Hall–Kier alpha value is -3.81. The lowest BCUT2D eigenvalue weighted by molar-refractivity contribution is 0.221. The highest BCUT2D eigenvalue weighted by Crippen LogP contribution is 2.39. The van der Waals surface area contributed by atoms with Crippen LogP contribution in [0.4, 0.5) is 25.8 Å². The van der Waals surface area contributed by atoms with E-state index in [2.05, 4.69) is 15.9 Å². The molecule has 5 rings (SSSR count). The third kappa shape index (κ3) is 4.92. The molecule has 0 aromatic heterocycles. The van der Waals surface area contributed by atoms with Crippen LogP contribution in [0.5, 0.6) is 11.5 Å². The fourth-order valence-corrected chi connectivity index (χ4v) is 4.89. The molecule has 0 atom stereocenters. The highest BCUT2D eigenvalue weighted by atomic mass is 19.1. The normalized spacial score (nSPS) is 15.8. The second-order valence-corrected chi connectivity index (χ2v) is 9.78. The van der Waals surface area contributed by atoms with E-state index in [1.54, 1.807) is 32.4 Å². The molecule has 1 fully saturated rings. The van der Waals surface area contributed by atoms with Gasteiger partial charge in [-0.05, 0) is 49.7 Å². The number of alkyl halides is 1. The lowest BCUT2D eigenvalue weighted by Gasteiger charge is -2.42. The second kappa shape index (κ2) is 9.92. The Morgan fingerprint density at radius 1 is 0.865 bits per heavy atom. The smallest absolute Gasteiger partial charge is 0.207 e. The topological polar surface area (TPSA) is 40.5 Å². The standard InChI is InChI=1S/C29H32F2N4O2/c1-29(2,31)21-11-12-26(37-4)25(17-21)35-19-20-7-5-10-24(30)27(20)32-28(35)34-15-13-33(14-16-34)22-8-6-9-23(18-22)36-3/h5-12,17-18H,13-16,19H2,1-4H3. The maximum Gasteiger partial charge on any atom is 0.207 e. The fraction of sp³-hybridized carbons (Fsp3) is 0.345. The van der Waals surface area contributed by atoms with Crippen molar-refractivity contribution >= 4 is 23.0 Å². The van der Waals surface area contributed by atoms with Gasteiger partial charge in [-0.3, -0.25) is 0 Å². The quantitative estimate of drug-likeness (QED) is 0.433. The Labute approximate surface area is 216 Å². The molecule has 2 heterocycles. The number of ether oxygens (including phenoxy) is 2. The van der Waals surface area contributed by atoms with E-state index >= 15 is 0 Å². The summed E-state index contributed by atoms with van der Waals surface area (Å²) in [6, 6.07) is 18.4. The summed E-state index contributed by atoms with van der Waals surface area (Å²) >= 11 is 0. The van der Waals surface area contributed by atoms with E-state index in [4.69, 9.17) is 14.5 Å². The van der Waals surface area contributed by atoms with Crippen LogP contribution in [0.25, 0.3) is 0 Å². The van der Waals surface area contributed by atoms with Crippen LogP contribution in [0, 0.1) is 5.82 Å². The first-order valence-corrected chi connectivity index (χ1v) is 12.4. The van der Waals surface area contributed by atoms with Crippen LogP contribution in [-0.4, -0.2) is 51.3 Å². The van der Waals surface area contributed by atoms with Gasteiger partial charge < -0.3 is 24.2 Å². The van der Waals surface area contributed by atoms with Gasteiger partial charge in [0.25, 0.3) is 0 Å². The van der Waals surface area contributed by atoms with E-state index < -0.39 is 5.67 Å². The molecule has 194 valence electrons. The maximum atomic E-state index is 14.9. The molecule has 37 heavy (non-hydrogen) atoms. The van der Waals surface area contributed by atoms with Gasteiger partial charge in [-0.25, -0.2) is 13.8 Å². The van der Waals surface area contributed by atoms with E-state index in [1.165, 1.54) is 19.9 Å². The third-order valence-corrected chi connectivity index (χ3v) is 6.99. The number of halogens is 2. The Morgan fingerprint density at radius 2 is 1.59 bits per heavy atom. The lowest BCUT2D eigenvalue weighted by Crippen LogP contribution is -2.54. The summed E-state index contributed by atoms with van der Waals surface area (Å²) in [4.78, 5) is 11.3. The Morgan fingerprint density at radius 3 is 2.30 bits per heavy atom. The molecule has 0 unspecified atom stereocenters. The summed E-state index contributed by atoms with van der Waals surface area (Å²) in [6.45, 7) is 6.37. The van der Waals surface area contributed by atoms with Crippen LogP contribution in [0.1, 0.15) is 25.0 Å². The first kappa shape index (κ1) is 24.9. The van der Waals surface area contributed by atoms with Gasteiger partial charge in [0, 0.05) is 43.5 Å². The number of methoxy groups -OCH3 is 2. The lowest BCUT2D eigenvalue weighted by atomic mass is 9.98. The molecule has 0 bridgehead atoms. The number of hydrogen-bond donors (Lipinski definition) is 0. The summed E-state index contributed by atoms with van der Waals surface area (Å²) in [5, 5.41) is 0.